The number of carbonyl (C=O) groups excluding carboxylic acids is 1. The maximum absolute atomic E-state index is 11.1. The molecule has 1 aromatic rings. The third kappa shape index (κ3) is 2.25. The summed E-state index contributed by atoms with van der Waals surface area (Å²) >= 11 is 0. The molecule has 2 rings (SSSR count). The van der Waals surface area contributed by atoms with Crippen molar-refractivity contribution in [1.82, 2.24) is 0 Å². The molecule has 1 amide bonds. The molecule has 5 nitrogen and oxygen atoms in total. The molecule has 1 heterocycles. The molecule has 5 N–H and O–H groups in total. The third-order valence-electron chi connectivity index (χ3n) is 2.62. The van der Waals surface area contributed by atoms with Crippen LogP contribution in [-0.4, -0.2) is 25.2 Å². The number of hydrogen-bond donors (Lipinski definition) is 3. The molecule has 16 heavy (non-hydrogen) atoms. The van der Waals surface area contributed by atoms with Crippen LogP contribution in [0.25, 0.3) is 0 Å². The van der Waals surface area contributed by atoms with Crippen molar-refractivity contribution in [2.24, 2.45) is 5.73 Å². The summed E-state index contributed by atoms with van der Waals surface area (Å²) in [7, 11) is 0. The Labute approximate surface area is 93.8 Å². The predicted octanol–water partition coefficient (Wildman–Crippen LogP) is 0.568. The molecule has 0 radical (unpaired) electrons. The molecule has 0 bridgehead atoms. The Bertz CT molecular complexity index is 400. The summed E-state index contributed by atoms with van der Waals surface area (Å²) in [4.78, 5) is 11.1. The van der Waals surface area contributed by atoms with Crippen LogP contribution in [0.3, 0.4) is 0 Å². The fourth-order valence-corrected chi connectivity index (χ4v) is 1.74. The number of nitrogens with two attached hydrogens (primary N) is 2. The van der Waals surface area contributed by atoms with Crippen LogP contribution in [0.2, 0.25) is 0 Å². The molecular formula is C11H15N3O2. The Kier molecular flexibility index (Phi) is 2.96. The molecule has 1 atom stereocenters. The van der Waals surface area contributed by atoms with Gasteiger partial charge in [0.25, 0.3) is 5.91 Å². The summed E-state index contributed by atoms with van der Waals surface area (Å²) < 4.78 is 5.25. The molecule has 0 aliphatic carbocycles. The topological polar surface area (TPSA) is 90.4 Å². The zero-order chi connectivity index (χ0) is 11.5. The molecule has 5 heteroatoms. The average Bonchev–Trinajstić information content (AvgIpc) is 2.73. The number of anilines is 2. The summed E-state index contributed by atoms with van der Waals surface area (Å²) in [5.41, 5.74) is 12.5. The average molecular weight is 221 g/mol. The van der Waals surface area contributed by atoms with Crippen molar-refractivity contribution in [3.05, 3.63) is 23.8 Å². The summed E-state index contributed by atoms with van der Waals surface area (Å²) in [5.74, 6) is -0.510. The van der Waals surface area contributed by atoms with E-state index in [1.807, 2.05) is 6.07 Å². The zero-order valence-corrected chi connectivity index (χ0v) is 8.90. The van der Waals surface area contributed by atoms with Crippen LogP contribution in [0.5, 0.6) is 0 Å². The molecule has 1 saturated heterocycles. The van der Waals surface area contributed by atoms with Crippen molar-refractivity contribution in [2.45, 2.75) is 12.5 Å². The molecule has 0 saturated carbocycles. The lowest BCUT2D eigenvalue weighted by Gasteiger charge is -2.13. The van der Waals surface area contributed by atoms with Crippen LogP contribution >= 0.6 is 0 Å². The lowest BCUT2D eigenvalue weighted by atomic mass is 10.1. The lowest BCUT2D eigenvalue weighted by molar-refractivity contribution is 0.100. The fourth-order valence-electron chi connectivity index (χ4n) is 1.74. The monoisotopic (exact) mass is 221 g/mol. The maximum Gasteiger partial charge on any atom is 0.250 e. The quantitative estimate of drug-likeness (QED) is 0.651. The van der Waals surface area contributed by atoms with Gasteiger partial charge in [0.05, 0.1) is 18.2 Å². The van der Waals surface area contributed by atoms with Crippen LogP contribution in [0.1, 0.15) is 16.8 Å². The Morgan fingerprint density at radius 1 is 1.50 bits per heavy atom. The number of ether oxygens (including phenoxy) is 1. The SMILES string of the molecule is NC(=O)c1cc(NC2CCOC2)ccc1N. The highest BCUT2D eigenvalue weighted by atomic mass is 16.5. The van der Waals surface area contributed by atoms with Crippen molar-refractivity contribution in [3.8, 4) is 0 Å². The third-order valence-corrected chi connectivity index (χ3v) is 2.62. The van der Waals surface area contributed by atoms with Gasteiger partial charge < -0.3 is 21.5 Å². The second kappa shape index (κ2) is 4.40. The van der Waals surface area contributed by atoms with Gasteiger partial charge in [-0.25, -0.2) is 0 Å². The molecule has 0 spiro atoms. The van der Waals surface area contributed by atoms with Crippen LogP contribution in [0, 0.1) is 0 Å². The first-order valence-corrected chi connectivity index (χ1v) is 5.20. The largest absolute Gasteiger partial charge is 0.398 e. The minimum atomic E-state index is -0.510. The minimum Gasteiger partial charge on any atom is -0.398 e. The van der Waals surface area contributed by atoms with Gasteiger partial charge in [0.15, 0.2) is 0 Å². The van der Waals surface area contributed by atoms with Gasteiger partial charge in [-0.3, -0.25) is 4.79 Å². The summed E-state index contributed by atoms with van der Waals surface area (Å²) in [6.07, 6.45) is 0.969. The second-order valence-electron chi connectivity index (χ2n) is 3.87. The lowest BCUT2D eigenvalue weighted by Crippen LogP contribution is -2.20. The Hall–Kier alpha value is -1.75. The van der Waals surface area contributed by atoms with Gasteiger partial charge in [-0.2, -0.15) is 0 Å². The predicted molar refractivity (Wildman–Crippen MR) is 62.2 cm³/mol. The first-order valence-electron chi connectivity index (χ1n) is 5.20. The Balaban J connectivity index is 2.15. The number of primary amides is 1. The van der Waals surface area contributed by atoms with E-state index in [4.69, 9.17) is 16.2 Å². The molecule has 0 aromatic heterocycles. The number of nitrogen functional groups attached to an aromatic ring is 1. The van der Waals surface area contributed by atoms with Crippen molar-refractivity contribution in [2.75, 3.05) is 24.3 Å². The van der Waals surface area contributed by atoms with Gasteiger partial charge in [0, 0.05) is 18.0 Å². The van der Waals surface area contributed by atoms with E-state index in [0.29, 0.717) is 23.9 Å². The van der Waals surface area contributed by atoms with Gasteiger partial charge in [-0.15, -0.1) is 0 Å². The van der Waals surface area contributed by atoms with E-state index < -0.39 is 5.91 Å². The Morgan fingerprint density at radius 2 is 2.31 bits per heavy atom. The Morgan fingerprint density at radius 3 is 2.94 bits per heavy atom. The van der Waals surface area contributed by atoms with E-state index in [9.17, 15) is 4.79 Å². The number of amides is 1. The van der Waals surface area contributed by atoms with E-state index >= 15 is 0 Å². The van der Waals surface area contributed by atoms with E-state index in [2.05, 4.69) is 5.32 Å². The van der Waals surface area contributed by atoms with Crippen molar-refractivity contribution in [3.63, 3.8) is 0 Å². The van der Waals surface area contributed by atoms with Gasteiger partial charge >= 0.3 is 0 Å². The molecular weight excluding hydrogens is 206 g/mol. The van der Waals surface area contributed by atoms with Gasteiger partial charge in [0.1, 0.15) is 0 Å². The highest BCUT2D eigenvalue weighted by Crippen LogP contribution is 2.19. The van der Waals surface area contributed by atoms with Crippen molar-refractivity contribution in [1.29, 1.82) is 0 Å². The van der Waals surface area contributed by atoms with Crippen molar-refractivity contribution < 1.29 is 9.53 Å². The number of benzene rings is 1. The first kappa shape index (κ1) is 10.8. The highest BCUT2D eigenvalue weighted by molar-refractivity contribution is 5.98. The number of hydrogen-bond acceptors (Lipinski definition) is 4. The van der Waals surface area contributed by atoms with Crippen LogP contribution < -0.4 is 16.8 Å². The zero-order valence-electron chi connectivity index (χ0n) is 8.90. The molecule has 86 valence electrons. The molecule has 1 fully saturated rings. The van der Waals surface area contributed by atoms with E-state index in [1.165, 1.54) is 0 Å². The number of nitrogens with one attached hydrogen (secondary N) is 1. The molecule has 1 aliphatic heterocycles. The maximum atomic E-state index is 11.1. The smallest absolute Gasteiger partial charge is 0.250 e. The van der Waals surface area contributed by atoms with E-state index in [0.717, 1.165) is 18.7 Å². The minimum absolute atomic E-state index is 0.296. The summed E-state index contributed by atoms with van der Waals surface area (Å²) in [5, 5.41) is 3.28. The second-order valence-corrected chi connectivity index (χ2v) is 3.87. The van der Waals surface area contributed by atoms with Gasteiger partial charge in [-0.05, 0) is 24.6 Å². The molecule has 1 aliphatic rings. The molecule has 1 unspecified atom stereocenters. The summed E-state index contributed by atoms with van der Waals surface area (Å²) in [6, 6.07) is 5.48. The van der Waals surface area contributed by atoms with E-state index in [1.54, 1.807) is 12.1 Å². The first-order chi connectivity index (χ1) is 7.66. The molecule has 1 aromatic carbocycles. The van der Waals surface area contributed by atoms with Crippen LogP contribution in [0.4, 0.5) is 11.4 Å². The highest BCUT2D eigenvalue weighted by Gasteiger charge is 2.15. The number of carbonyl (C=O) groups is 1. The normalized spacial score (nSPS) is 19.6. The standard InChI is InChI=1S/C11H15N3O2/c12-10-2-1-7(5-9(10)11(13)15)14-8-3-4-16-6-8/h1-2,5,8,14H,3-4,6,12H2,(H2,13,15). The summed E-state index contributed by atoms with van der Waals surface area (Å²) in [6.45, 7) is 1.46. The van der Waals surface area contributed by atoms with E-state index in [-0.39, 0.29) is 0 Å². The van der Waals surface area contributed by atoms with Crippen LogP contribution in [0.15, 0.2) is 18.2 Å². The van der Waals surface area contributed by atoms with Gasteiger partial charge in [0.2, 0.25) is 0 Å². The fraction of sp³-hybridized carbons (Fsp3) is 0.364. The number of rotatable bonds is 3. The van der Waals surface area contributed by atoms with Gasteiger partial charge in [-0.1, -0.05) is 0 Å². The van der Waals surface area contributed by atoms with Crippen LogP contribution in [-0.2, 0) is 4.74 Å². The van der Waals surface area contributed by atoms with Crippen molar-refractivity contribution >= 4 is 17.3 Å².